The molecular formula is C24H20N6O2. The Labute approximate surface area is 184 Å². The summed E-state index contributed by atoms with van der Waals surface area (Å²) >= 11 is 0. The maximum Gasteiger partial charge on any atom is 0.227 e. The van der Waals surface area contributed by atoms with Crippen molar-refractivity contribution in [3.8, 4) is 11.4 Å². The molecule has 5 rings (SSSR count). The molecule has 1 unspecified atom stereocenters. The van der Waals surface area contributed by atoms with Gasteiger partial charge in [0.05, 0.1) is 36.3 Å². The first-order valence-electron chi connectivity index (χ1n) is 10.3. The van der Waals surface area contributed by atoms with Gasteiger partial charge in [-0.15, -0.1) is 0 Å². The molecule has 0 saturated carbocycles. The molecule has 0 amide bonds. The Hall–Kier alpha value is -4.33. The third-order valence-electron chi connectivity index (χ3n) is 5.11. The topological polar surface area (TPSA) is 94.3 Å². The van der Waals surface area contributed by atoms with Gasteiger partial charge < -0.3 is 10.1 Å². The first-order valence-corrected chi connectivity index (χ1v) is 10.3. The first kappa shape index (κ1) is 19.6. The van der Waals surface area contributed by atoms with E-state index in [1.54, 1.807) is 17.1 Å². The third kappa shape index (κ3) is 4.24. The first-order chi connectivity index (χ1) is 15.8. The van der Waals surface area contributed by atoms with Crippen molar-refractivity contribution in [3.63, 3.8) is 0 Å². The van der Waals surface area contributed by atoms with Crippen LogP contribution in [-0.4, -0.2) is 38.4 Å². The molecule has 4 aromatic rings. The molecule has 0 aliphatic carbocycles. The Morgan fingerprint density at radius 2 is 1.88 bits per heavy atom. The van der Waals surface area contributed by atoms with Crippen LogP contribution in [0.3, 0.4) is 0 Å². The summed E-state index contributed by atoms with van der Waals surface area (Å²) in [5.41, 5.74) is 2.99. The largest absolute Gasteiger partial charge is 0.494 e. The minimum atomic E-state index is -0.419. The summed E-state index contributed by atoms with van der Waals surface area (Å²) in [6.07, 6.45) is 7.10. The van der Waals surface area contributed by atoms with Gasteiger partial charge in [-0.25, -0.2) is 19.6 Å². The Kier molecular flexibility index (Phi) is 5.40. The number of anilines is 2. The van der Waals surface area contributed by atoms with Crippen molar-refractivity contribution in [2.24, 2.45) is 4.99 Å². The molecule has 1 aliphatic rings. The van der Waals surface area contributed by atoms with Crippen LogP contribution in [0.4, 0.5) is 17.3 Å². The number of ether oxygens (including phenoxy) is 1. The predicted molar refractivity (Wildman–Crippen MR) is 121 cm³/mol. The number of nitrogens with one attached hydrogen (secondary N) is 1. The van der Waals surface area contributed by atoms with E-state index in [0.29, 0.717) is 30.4 Å². The van der Waals surface area contributed by atoms with E-state index < -0.39 is 5.92 Å². The highest BCUT2D eigenvalue weighted by Gasteiger charge is 2.28. The molecule has 1 atom stereocenters. The highest BCUT2D eigenvalue weighted by atomic mass is 16.5. The van der Waals surface area contributed by atoms with E-state index in [1.165, 1.54) is 6.21 Å². The number of carbonyl (C=O) groups is 1. The average molecular weight is 424 g/mol. The lowest BCUT2D eigenvalue weighted by atomic mass is 9.94. The van der Waals surface area contributed by atoms with Crippen molar-refractivity contribution in [1.82, 2.24) is 19.7 Å². The van der Waals surface area contributed by atoms with Gasteiger partial charge in [-0.2, -0.15) is 5.10 Å². The van der Waals surface area contributed by atoms with Crippen molar-refractivity contribution < 1.29 is 9.53 Å². The number of ketones is 1. The van der Waals surface area contributed by atoms with E-state index in [-0.39, 0.29) is 5.78 Å². The van der Waals surface area contributed by atoms with Crippen molar-refractivity contribution in [2.75, 3.05) is 11.9 Å². The highest BCUT2D eigenvalue weighted by molar-refractivity contribution is 6.31. The van der Waals surface area contributed by atoms with Crippen LogP contribution in [0.2, 0.25) is 0 Å². The van der Waals surface area contributed by atoms with E-state index in [9.17, 15) is 4.79 Å². The van der Waals surface area contributed by atoms with Crippen LogP contribution in [0.5, 0.6) is 5.75 Å². The molecule has 0 fully saturated rings. The number of hydrogen-bond donors (Lipinski definition) is 1. The number of aliphatic imine (C=N–C) groups is 1. The molecule has 158 valence electrons. The fourth-order valence-electron chi connectivity index (χ4n) is 3.50. The summed E-state index contributed by atoms with van der Waals surface area (Å²) in [6.45, 7) is 0.398. The molecule has 2 aromatic heterocycles. The van der Waals surface area contributed by atoms with Crippen molar-refractivity contribution in [3.05, 3.63) is 84.9 Å². The molecule has 3 heterocycles. The van der Waals surface area contributed by atoms with Gasteiger partial charge in [0.25, 0.3) is 0 Å². The standard InChI is InChI=1S/C24H20N6O2/c31-22-16-25-21-15-26-24(28-17-7-9-18(10-8-17)30-13-4-12-27-30)29-23(21)20(22)11-14-32-19-5-2-1-3-6-19/h1-10,12-13,15-16,20H,11,14H2,(H,26,28,29). The predicted octanol–water partition coefficient (Wildman–Crippen LogP) is 4.24. The molecule has 0 saturated heterocycles. The van der Waals surface area contributed by atoms with Gasteiger partial charge in [-0.05, 0) is 48.9 Å². The van der Waals surface area contributed by atoms with Gasteiger partial charge >= 0.3 is 0 Å². The maximum atomic E-state index is 12.5. The van der Waals surface area contributed by atoms with Gasteiger partial charge in [-0.1, -0.05) is 18.2 Å². The summed E-state index contributed by atoms with van der Waals surface area (Å²) in [5.74, 6) is 0.682. The van der Waals surface area contributed by atoms with Crippen LogP contribution in [0, 0.1) is 0 Å². The Morgan fingerprint density at radius 1 is 1.03 bits per heavy atom. The van der Waals surface area contributed by atoms with Gasteiger partial charge in [-0.3, -0.25) is 4.79 Å². The van der Waals surface area contributed by atoms with Crippen molar-refractivity contribution in [2.45, 2.75) is 12.3 Å². The van der Waals surface area contributed by atoms with Gasteiger partial charge in [0.1, 0.15) is 11.4 Å². The van der Waals surface area contributed by atoms with Crippen LogP contribution in [0.15, 0.2) is 84.2 Å². The van der Waals surface area contributed by atoms with E-state index in [0.717, 1.165) is 17.1 Å². The average Bonchev–Trinajstić information content (AvgIpc) is 3.37. The zero-order valence-corrected chi connectivity index (χ0v) is 17.1. The van der Waals surface area contributed by atoms with Crippen LogP contribution in [-0.2, 0) is 4.79 Å². The summed E-state index contributed by atoms with van der Waals surface area (Å²) < 4.78 is 7.56. The monoisotopic (exact) mass is 424 g/mol. The smallest absolute Gasteiger partial charge is 0.227 e. The quantitative estimate of drug-likeness (QED) is 0.477. The number of hydrogen-bond acceptors (Lipinski definition) is 7. The van der Waals surface area contributed by atoms with Crippen molar-refractivity contribution in [1.29, 1.82) is 0 Å². The van der Waals surface area contributed by atoms with E-state index in [2.05, 4.69) is 25.4 Å². The summed E-state index contributed by atoms with van der Waals surface area (Å²) in [4.78, 5) is 25.7. The molecule has 0 spiro atoms. The molecular weight excluding hydrogens is 404 g/mol. The van der Waals surface area contributed by atoms with Crippen LogP contribution in [0.1, 0.15) is 18.0 Å². The van der Waals surface area contributed by atoms with Gasteiger partial charge in [0.2, 0.25) is 5.95 Å². The number of para-hydroxylation sites is 1. The van der Waals surface area contributed by atoms with E-state index >= 15 is 0 Å². The molecule has 1 aliphatic heterocycles. The SMILES string of the molecule is O=C1C=Nc2cnc(Nc3ccc(-n4cccn4)cc3)nc2C1CCOc1ccccc1. The second-order valence-corrected chi connectivity index (χ2v) is 7.25. The lowest BCUT2D eigenvalue weighted by Gasteiger charge is -2.19. The molecule has 1 N–H and O–H groups in total. The number of aromatic nitrogens is 4. The Morgan fingerprint density at radius 3 is 2.66 bits per heavy atom. The minimum Gasteiger partial charge on any atom is -0.494 e. The molecule has 0 radical (unpaired) electrons. The fraction of sp³-hybridized carbons (Fsp3) is 0.125. The number of benzene rings is 2. The minimum absolute atomic E-state index is 0.0811. The normalized spacial score (nSPS) is 14.8. The van der Waals surface area contributed by atoms with Crippen molar-refractivity contribution >= 4 is 29.3 Å². The second kappa shape index (κ2) is 8.81. The Balaban J connectivity index is 1.30. The van der Waals surface area contributed by atoms with Crippen LogP contribution >= 0.6 is 0 Å². The van der Waals surface area contributed by atoms with Crippen LogP contribution < -0.4 is 10.1 Å². The number of rotatable bonds is 7. The molecule has 0 bridgehead atoms. The summed E-state index contributed by atoms with van der Waals surface area (Å²) in [7, 11) is 0. The van der Waals surface area contributed by atoms with Gasteiger partial charge in [0, 0.05) is 18.1 Å². The fourth-order valence-corrected chi connectivity index (χ4v) is 3.50. The molecule has 8 nitrogen and oxygen atoms in total. The summed E-state index contributed by atoms with van der Waals surface area (Å²) in [5, 5.41) is 7.42. The van der Waals surface area contributed by atoms with E-state index in [4.69, 9.17) is 4.74 Å². The number of Topliss-reactive ketones (excluding diaryl/α,β-unsaturated/α-hetero) is 1. The van der Waals surface area contributed by atoms with E-state index in [1.807, 2.05) is 66.9 Å². The number of carbonyl (C=O) groups excluding carboxylic acids is 1. The lowest BCUT2D eigenvalue weighted by Crippen LogP contribution is -2.21. The second-order valence-electron chi connectivity index (χ2n) is 7.25. The third-order valence-corrected chi connectivity index (χ3v) is 5.11. The zero-order valence-electron chi connectivity index (χ0n) is 17.1. The highest BCUT2D eigenvalue weighted by Crippen LogP contribution is 2.32. The van der Waals surface area contributed by atoms with Crippen LogP contribution in [0.25, 0.3) is 5.69 Å². The number of nitrogens with zero attached hydrogens (tertiary/aromatic N) is 5. The lowest BCUT2D eigenvalue weighted by molar-refractivity contribution is -0.114. The number of fused-ring (bicyclic) bond motifs is 1. The molecule has 2 aromatic carbocycles. The Bertz CT molecular complexity index is 1240. The zero-order chi connectivity index (χ0) is 21.8. The van der Waals surface area contributed by atoms with Gasteiger partial charge in [0.15, 0.2) is 5.78 Å². The molecule has 8 heteroatoms. The maximum absolute atomic E-state index is 12.5. The summed E-state index contributed by atoms with van der Waals surface area (Å²) in [6, 6.07) is 19.2. The molecule has 32 heavy (non-hydrogen) atoms.